The number of rotatable bonds is 4. The van der Waals surface area contributed by atoms with E-state index in [0.29, 0.717) is 14.9 Å². The molecule has 2 aromatic carbocycles. The van der Waals surface area contributed by atoms with Gasteiger partial charge in [0.1, 0.15) is 6.33 Å². The summed E-state index contributed by atoms with van der Waals surface area (Å²) in [6.45, 7) is 0. The Morgan fingerprint density at radius 2 is 1.92 bits per heavy atom. The zero-order valence-electron chi connectivity index (χ0n) is 13.6. The van der Waals surface area contributed by atoms with Gasteiger partial charge < -0.3 is 0 Å². The molecule has 132 valence electrons. The highest BCUT2D eigenvalue weighted by molar-refractivity contribution is 9.10. The Morgan fingerprint density at radius 1 is 1.15 bits per heavy atom. The van der Waals surface area contributed by atoms with Crippen molar-refractivity contribution in [2.75, 3.05) is 6.26 Å². The van der Waals surface area contributed by atoms with Gasteiger partial charge in [-0.05, 0) is 57.9 Å². The molecule has 0 N–H and O–H groups in total. The lowest BCUT2D eigenvalue weighted by Gasteiger charge is -2.08. The third-order valence-electron chi connectivity index (χ3n) is 3.99. The number of thiophene rings is 1. The SMILES string of the molecule is CSc1sccc1S(=O)(=O)c1cc(Br)c2c(c1)ncn2-c1ccccc1. The molecule has 0 spiro atoms. The van der Waals surface area contributed by atoms with Crippen LogP contribution in [0.5, 0.6) is 0 Å². The molecule has 2 heterocycles. The van der Waals surface area contributed by atoms with Crippen molar-refractivity contribution < 1.29 is 8.42 Å². The predicted octanol–water partition coefficient (Wildman–Crippen LogP) is 5.40. The number of hydrogen-bond acceptors (Lipinski definition) is 5. The number of sulfone groups is 1. The number of benzene rings is 2. The molecule has 0 radical (unpaired) electrons. The molecule has 4 nitrogen and oxygen atoms in total. The van der Waals surface area contributed by atoms with Crippen molar-refractivity contribution in [3.8, 4) is 5.69 Å². The molecule has 0 saturated heterocycles. The maximum absolute atomic E-state index is 13.1. The van der Waals surface area contributed by atoms with Crippen LogP contribution in [0, 0.1) is 0 Å². The summed E-state index contributed by atoms with van der Waals surface area (Å²) in [6.07, 6.45) is 3.59. The lowest BCUT2D eigenvalue weighted by molar-refractivity contribution is 0.595. The molecule has 4 rings (SSSR count). The quantitative estimate of drug-likeness (QED) is 0.379. The van der Waals surface area contributed by atoms with Crippen molar-refractivity contribution in [1.82, 2.24) is 9.55 Å². The summed E-state index contributed by atoms with van der Waals surface area (Å²) in [7, 11) is -3.60. The van der Waals surface area contributed by atoms with Crippen LogP contribution in [0.4, 0.5) is 0 Å². The number of aromatic nitrogens is 2. The van der Waals surface area contributed by atoms with Crippen molar-refractivity contribution in [3.63, 3.8) is 0 Å². The van der Waals surface area contributed by atoms with E-state index in [1.54, 1.807) is 29.9 Å². The van der Waals surface area contributed by atoms with Crippen LogP contribution in [0.3, 0.4) is 0 Å². The first kappa shape index (κ1) is 17.8. The van der Waals surface area contributed by atoms with Crippen LogP contribution in [0.15, 0.2) is 78.7 Å². The van der Waals surface area contributed by atoms with Gasteiger partial charge in [-0.3, -0.25) is 4.57 Å². The van der Waals surface area contributed by atoms with Gasteiger partial charge in [0, 0.05) is 10.2 Å². The Labute approximate surface area is 167 Å². The molecular formula is C18H13BrN2O2S3. The summed E-state index contributed by atoms with van der Waals surface area (Å²) in [5.74, 6) is 0. The van der Waals surface area contributed by atoms with Crippen LogP contribution in [0.2, 0.25) is 0 Å². The fourth-order valence-electron chi connectivity index (χ4n) is 2.77. The normalized spacial score (nSPS) is 11.9. The van der Waals surface area contributed by atoms with Gasteiger partial charge in [0.25, 0.3) is 0 Å². The molecule has 0 aliphatic carbocycles. The molecule has 0 bridgehead atoms. The number of halogens is 1. The molecule has 8 heteroatoms. The van der Waals surface area contributed by atoms with Gasteiger partial charge in [-0.15, -0.1) is 23.1 Å². The molecular weight excluding hydrogens is 452 g/mol. The number of hydrogen-bond donors (Lipinski definition) is 0. The molecule has 2 aromatic heterocycles. The Bertz CT molecular complexity index is 1200. The largest absolute Gasteiger partial charge is 0.298 e. The number of thioether (sulfide) groups is 1. The van der Waals surface area contributed by atoms with Gasteiger partial charge in [-0.2, -0.15) is 0 Å². The second kappa shape index (κ2) is 6.84. The minimum atomic E-state index is -3.60. The second-order valence-electron chi connectivity index (χ2n) is 5.50. The zero-order chi connectivity index (χ0) is 18.3. The molecule has 0 saturated carbocycles. The Hall–Kier alpha value is -1.61. The lowest BCUT2D eigenvalue weighted by atomic mass is 10.3. The molecule has 4 aromatic rings. The molecule has 0 amide bonds. The molecule has 0 fully saturated rings. The number of fused-ring (bicyclic) bond motifs is 1. The van der Waals surface area contributed by atoms with Crippen molar-refractivity contribution in [3.05, 3.63) is 64.7 Å². The van der Waals surface area contributed by atoms with Crippen LogP contribution in [-0.4, -0.2) is 24.2 Å². The molecule has 0 aliphatic heterocycles. The second-order valence-corrected chi connectivity index (χ2v) is 10.3. The topological polar surface area (TPSA) is 52.0 Å². The monoisotopic (exact) mass is 464 g/mol. The van der Waals surface area contributed by atoms with E-state index in [1.165, 1.54) is 23.1 Å². The average molecular weight is 465 g/mol. The Morgan fingerprint density at radius 3 is 2.65 bits per heavy atom. The first-order valence-electron chi connectivity index (χ1n) is 7.61. The van der Waals surface area contributed by atoms with E-state index < -0.39 is 9.84 Å². The standard InChI is InChI=1S/C18H13BrN2O2S3/c1-24-18-16(7-8-25-18)26(22,23)13-9-14(19)17-15(10-13)20-11-21(17)12-5-3-2-4-6-12/h2-11H,1H3. The highest BCUT2D eigenvalue weighted by atomic mass is 79.9. The van der Waals surface area contributed by atoms with E-state index in [2.05, 4.69) is 20.9 Å². The molecule has 0 atom stereocenters. The Balaban J connectivity index is 1.90. The van der Waals surface area contributed by atoms with Crippen LogP contribution in [0.1, 0.15) is 0 Å². The average Bonchev–Trinajstić information content (AvgIpc) is 3.29. The molecule has 0 unspecified atom stereocenters. The third-order valence-corrected chi connectivity index (χ3v) is 8.71. The summed E-state index contributed by atoms with van der Waals surface area (Å²) < 4.78 is 29.6. The number of nitrogens with zero attached hydrogens (tertiary/aromatic N) is 2. The van der Waals surface area contributed by atoms with Crippen molar-refractivity contribution in [2.24, 2.45) is 0 Å². The van der Waals surface area contributed by atoms with E-state index >= 15 is 0 Å². The summed E-state index contributed by atoms with van der Waals surface area (Å²) >= 11 is 6.41. The fourth-order valence-corrected chi connectivity index (χ4v) is 7.30. The minimum Gasteiger partial charge on any atom is -0.298 e. The van der Waals surface area contributed by atoms with Crippen LogP contribution < -0.4 is 0 Å². The first-order valence-corrected chi connectivity index (χ1v) is 12.0. The van der Waals surface area contributed by atoms with Gasteiger partial charge in [-0.25, -0.2) is 13.4 Å². The van der Waals surface area contributed by atoms with E-state index in [1.807, 2.05) is 41.2 Å². The maximum atomic E-state index is 13.1. The zero-order valence-corrected chi connectivity index (χ0v) is 17.6. The predicted molar refractivity (Wildman–Crippen MR) is 110 cm³/mol. The van der Waals surface area contributed by atoms with Gasteiger partial charge >= 0.3 is 0 Å². The van der Waals surface area contributed by atoms with Gasteiger partial charge in [0.15, 0.2) is 0 Å². The minimum absolute atomic E-state index is 0.240. The highest BCUT2D eigenvalue weighted by Gasteiger charge is 2.24. The number of para-hydroxylation sites is 1. The highest BCUT2D eigenvalue weighted by Crippen LogP contribution is 2.36. The van der Waals surface area contributed by atoms with Crippen molar-refractivity contribution in [2.45, 2.75) is 14.0 Å². The van der Waals surface area contributed by atoms with E-state index in [-0.39, 0.29) is 4.90 Å². The smallest absolute Gasteiger partial charge is 0.208 e. The van der Waals surface area contributed by atoms with Crippen molar-refractivity contribution >= 4 is 59.9 Å². The van der Waals surface area contributed by atoms with E-state index in [0.717, 1.165) is 15.4 Å². The Kier molecular flexibility index (Phi) is 4.68. The van der Waals surface area contributed by atoms with Crippen molar-refractivity contribution in [1.29, 1.82) is 0 Å². The van der Waals surface area contributed by atoms with Gasteiger partial charge in [0.2, 0.25) is 9.84 Å². The molecule has 0 aliphatic rings. The third kappa shape index (κ3) is 2.90. The summed E-state index contributed by atoms with van der Waals surface area (Å²) in [6, 6.07) is 14.8. The van der Waals surface area contributed by atoms with Gasteiger partial charge in [-0.1, -0.05) is 18.2 Å². The lowest BCUT2D eigenvalue weighted by Crippen LogP contribution is -2.02. The first-order chi connectivity index (χ1) is 12.5. The van der Waals surface area contributed by atoms with Gasteiger partial charge in [0.05, 0.1) is 25.0 Å². The summed E-state index contributed by atoms with van der Waals surface area (Å²) in [5.41, 5.74) is 2.43. The number of imidazole rings is 1. The van der Waals surface area contributed by atoms with E-state index in [9.17, 15) is 8.42 Å². The van der Waals surface area contributed by atoms with E-state index in [4.69, 9.17) is 0 Å². The van der Waals surface area contributed by atoms with Crippen LogP contribution in [0.25, 0.3) is 16.7 Å². The maximum Gasteiger partial charge on any atom is 0.208 e. The van der Waals surface area contributed by atoms with Crippen LogP contribution in [-0.2, 0) is 9.84 Å². The molecule has 26 heavy (non-hydrogen) atoms. The fraction of sp³-hybridized carbons (Fsp3) is 0.0556. The summed E-state index contributed by atoms with van der Waals surface area (Å²) in [4.78, 5) is 5.01. The van der Waals surface area contributed by atoms with Crippen LogP contribution >= 0.6 is 39.0 Å². The summed E-state index contributed by atoms with van der Waals surface area (Å²) in [5, 5.41) is 1.80.